The van der Waals surface area contributed by atoms with Crippen molar-refractivity contribution in [3.8, 4) is 11.5 Å². The summed E-state index contributed by atoms with van der Waals surface area (Å²) in [6.45, 7) is 3.70. The van der Waals surface area contributed by atoms with Crippen LogP contribution in [0.3, 0.4) is 0 Å². The van der Waals surface area contributed by atoms with Crippen LogP contribution in [-0.2, 0) is 9.59 Å². The minimum atomic E-state index is -0.506. The van der Waals surface area contributed by atoms with Crippen LogP contribution in [0.15, 0.2) is 102 Å². The van der Waals surface area contributed by atoms with Gasteiger partial charge in [-0.15, -0.1) is 11.8 Å². The monoisotopic (exact) mass is 629 g/mol. The third-order valence-corrected chi connectivity index (χ3v) is 7.91. The van der Waals surface area contributed by atoms with Crippen molar-refractivity contribution in [3.63, 3.8) is 0 Å². The minimum Gasteiger partial charge on any atom is -0.495 e. The first kappa shape index (κ1) is 32.2. The Morgan fingerprint density at radius 3 is 2.25 bits per heavy atom. The summed E-state index contributed by atoms with van der Waals surface area (Å²) >= 11 is 7.56. The summed E-state index contributed by atoms with van der Waals surface area (Å²) < 4.78 is 10.6. The number of thioether (sulfide) groups is 1. The lowest BCUT2D eigenvalue weighted by Gasteiger charge is -2.16. The summed E-state index contributed by atoms with van der Waals surface area (Å²) in [5, 5.41) is 8.32. The molecule has 10 heteroatoms. The second-order valence-electron chi connectivity index (χ2n) is 9.65. The van der Waals surface area contributed by atoms with E-state index in [4.69, 9.17) is 21.1 Å². The third kappa shape index (κ3) is 8.43. The molecule has 226 valence electrons. The number of rotatable bonds is 11. The molecule has 4 aromatic rings. The Morgan fingerprint density at radius 2 is 1.55 bits per heavy atom. The van der Waals surface area contributed by atoms with Gasteiger partial charge in [-0.25, -0.2) is 0 Å². The van der Waals surface area contributed by atoms with Gasteiger partial charge in [-0.05, 0) is 67.4 Å². The summed E-state index contributed by atoms with van der Waals surface area (Å²) in [5.74, 6) is -0.320. The van der Waals surface area contributed by atoms with Crippen LogP contribution in [0.1, 0.15) is 28.4 Å². The predicted octanol–water partition coefficient (Wildman–Crippen LogP) is 7.19. The first-order valence-corrected chi connectivity index (χ1v) is 14.9. The number of ether oxygens (including phenoxy) is 2. The second-order valence-corrected chi connectivity index (χ2v) is 11.5. The van der Waals surface area contributed by atoms with Gasteiger partial charge < -0.3 is 25.4 Å². The molecule has 0 aromatic heterocycles. The molecule has 0 saturated carbocycles. The van der Waals surface area contributed by atoms with E-state index in [0.29, 0.717) is 33.5 Å². The number of hydrogen-bond donors (Lipinski definition) is 3. The van der Waals surface area contributed by atoms with Crippen molar-refractivity contribution in [3.05, 3.63) is 118 Å². The quantitative estimate of drug-likeness (QED) is 0.120. The van der Waals surface area contributed by atoms with Crippen molar-refractivity contribution in [1.82, 2.24) is 5.32 Å². The fourth-order valence-corrected chi connectivity index (χ4v) is 5.31. The molecule has 3 N–H and O–H groups in total. The van der Waals surface area contributed by atoms with Crippen molar-refractivity contribution in [1.29, 1.82) is 0 Å². The van der Waals surface area contributed by atoms with Crippen LogP contribution in [0.25, 0.3) is 6.08 Å². The summed E-state index contributed by atoms with van der Waals surface area (Å²) in [4.78, 5) is 40.2. The Balaban J connectivity index is 1.49. The van der Waals surface area contributed by atoms with E-state index >= 15 is 0 Å². The van der Waals surface area contributed by atoms with Crippen LogP contribution < -0.4 is 25.4 Å². The van der Waals surface area contributed by atoms with E-state index in [9.17, 15) is 14.4 Å². The molecule has 1 atom stereocenters. The number of halogens is 1. The smallest absolute Gasteiger partial charge is 0.272 e. The average Bonchev–Trinajstić information content (AvgIpc) is 3.02. The van der Waals surface area contributed by atoms with Gasteiger partial charge in [0, 0.05) is 22.2 Å². The van der Waals surface area contributed by atoms with E-state index in [1.807, 2.05) is 43.3 Å². The van der Waals surface area contributed by atoms with E-state index in [-0.39, 0.29) is 11.6 Å². The molecule has 4 rings (SSSR count). The van der Waals surface area contributed by atoms with Crippen molar-refractivity contribution >= 4 is 58.5 Å². The van der Waals surface area contributed by atoms with Crippen LogP contribution in [0, 0.1) is 6.92 Å². The van der Waals surface area contributed by atoms with Gasteiger partial charge in [0.2, 0.25) is 5.91 Å². The molecule has 8 nitrogen and oxygen atoms in total. The number of carbonyl (C=O) groups excluding carboxylic acids is 3. The Kier molecular flexibility index (Phi) is 11.1. The lowest BCUT2D eigenvalue weighted by Crippen LogP contribution is -2.30. The predicted molar refractivity (Wildman–Crippen MR) is 177 cm³/mol. The number of hydrogen-bond acceptors (Lipinski definition) is 6. The SMILES string of the molecule is COc1cc(OC)c(NC(=O)C(C)Sc2cccc(NC(=O)/C(=C/c3ccccc3C)NC(=O)c3ccccc3)c2)cc1Cl. The first-order valence-electron chi connectivity index (χ1n) is 13.6. The zero-order valence-electron chi connectivity index (χ0n) is 24.6. The number of carbonyl (C=O) groups is 3. The molecule has 0 aliphatic rings. The topological polar surface area (TPSA) is 106 Å². The maximum Gasteiger partial charge on any atom is 0.272 e. The fourth-order valence-electron chi connectivity index (χ4n) is 4.14. The second kappa shape index (κ2) is 15.1. The zero-order valence-corrected chi connectivity index (χ0v) is 26.2. The number of aryl methyl sites for hydroxylation is 1. The number of nitrogens with one attached hydrogen (secondary N) is 3. The molecule has 0 spiro atoms. The van der Waals surface area contributed by atoms with E-state index < -0.39 is 17.1 Å². The molecule has 0 bridgehead atoms. The van der Waals surface area contributed by atoms with Crippen LogP contribution in [0.4, 0.5) is 11.4 Å². The molecule has 0 aliphatic heterocycles. The van der Waals surface area contributed by atoms with Gasteiger partial charge in [0.1, 0.15) is 17.2 Å². The summed E-state index contributed by atoms with van der Waals surface area (Å²) in [5.41, 5.74) is 3.18. The van der Waals surface area contributed by atoms with Gasteiger partial charge in [-0.1, -0.05) is 60.1 Å². The molecular formula is C34H32ClN3O5S. The molecule has 1 unspecified atom stereocenters. The molecule has 3 amide bonds. The maximum absolute atomic E-state index is 13.5. The number of amides is 3. The van der Waals surface area contributed by atoms with E-state index in [1.165, 1.54) is 26.0 Å². The molecule has 0 radical (unpaired) electrons. The van der Waals surface area contributed by atoms with Gasteiger partial charge in [0.15, 0.2) is 0 Å². The Labute approximate surface area is 265 Å². The molecule has 4 aromatic carbocycles. The number of methoxy groups -OCH3 is 2. The minimum absolute atomic E-state index is 0.0889. The normalized spacial score (nSPS) is 11.7. The number of benzene rings is 4. The molecule has 0 saturated heterocycles. The van der Waals surface area contributed by atoms with Gasteiger partial charge in [0.25, 0.3) is 11.8 Å². The van der Waals surface area contributed by atoms with Crippen molar-refractivity contribution in [2.45, 2.75) is 24.0 Å². The largest absolute Gasteiger partial charge is 0.495 e. The molecule has 0 fully saturated rings. The Bertz CT molecular complexity index is 1690. The standard InChI is InChI=1S/C34H32ClN3O5S/c1-21-11-8-9-14-24(21)17-29(38-33(40)23-12-6-5-7-13-23)34(41)36-25-15-10-16-26(18-25)44-22(2)32(39)37-28-19-27(35)30(42-3)20-31(28)43-4/h5-20,22H,1-4H3,(H,36,41)(H,37,39)(H,38,40)/b29-17-. The van der Waals surface area contributed by atoms with Crippen LogP contribution in [-0.4, -0.2) is 37.2 Å². The highest BCUT2D eigenvalue weighted by Gasteiger charge is 2.19. The highest BCUT2D eigenvalue weighted by molar-refractivity contribution is 8.00. The van der Waals surface area contributed by atoms with Crippen molar-refractivity contribution in [2.24, 2.45) is 0 Å². The molecule has 44 heavy (non-hydrogen) atoms. The highest BCUT2D eigenvalue weighted by Crippen LogP contribution is 2.36. The lowest BCUT2D eigenvalue weighted by molar-refractivity contribution is -0.115. The Morgan fingerprint density at radius 1 is 0.841 bits per heavy atom. The van der Waals surface area contributed by atoms with Crippen molar-refractivity contribution < 1.29 is 23.9 Å². The summed E-state index contributed by atoms with van der Waals surface area (Å²) in [7, 11) is 2.99. The molecular weight excluding hydrogens is 598 g/mol. The lowest BCUT2D eigenvalue weighted by atomic mass is 10.1. The zero-order chi connectivity index (χ0) is 31.6. The van der Waals surface area contributed by atoms with E-state index in [0.717, 1.165) is 16.0 Å². The van der Waals surface area contributed by atoms with Crippen LogP contribution >= 0.6 is 23.4 Å². The van der Waals surface area contributed by atoms with Crippen LogP contribution in [0.5, 0.6) is 11.5 Å². The third-order valence-electron chi connectivity index (χ3n) is 6.52. The van der Waals surface area contributed by atoms with Crippen molar-refractivity contribution in [2.75, 3.05) is 24.9 Å². The van der Waals surface area contributed by atoms with Gasteiger partial charge in [-0.3, -0.25) is 14.4 Å². The van der Waals surface area contributed by atoms with Gasteiger partial charge >= 0.3 is 0 Å². The number of anilines is 2. The van der Waals surface area contributed by atoms with Gasteiger partial charge in [-0.2, -0.15) is 0 Å². The van der Waals surface area contributed by atoms with E-state index in [2.05, 4.69) is 16.0 Å². The van der Waals surface area contributed by atoms with Gasteiger partial charge in [0.05, 0.1) is 30.2 Å². The summed E-state index contributed by atoms with van der Waals surface area (Å²) in [6, 6.07) is 26.6. The maximum atomic E-state index is 13.5. The van der Waals surface area contributed by atoms with Crippen LogP contribution in [0.2, 0.25) is 5.02 Å². The fraction of sp³-hybridized carbons (Fsp3) is 0.147. The molecule has 0 heterocycles. The average molecular weight is 630 g/mol. The first-order chi connectivity index (χ1) is 21.2. The summed E-state index contributed by atoms with van der Waals surface area (Å²) in [6.07, 6.45) is 1.65. The van der Waals surface area contributed by atoms with E-state index in [1.54, 1.807) is 67.6 Å². The molecule has 0 aliphatic carbocycles. The highest BCUT2D eigenvalue weighted by atomic mass is 35.5. The Hall–Kier alpha value is -4.73.